The van der Waals surface area contributed by atoms with Gasteiger partial charge in [0.15, 0.2) is 17.4 Å². The molecule has 4 heterocycles. The van der Waals surface area contributed by atoms with Gasteiger partial charge in [0.05, 0.1) is 65.3 Å². The van der Waals surface area contributed by atoms with Crippen molar-refractivity contribution in [2.45, 2.75) is 49.0 Å². The summed E-state index contributed by atoms with van der Waals surface area (Å²) in [6.45, 7) is -0.272. The van der Waals surface area contributed by atoms with E-state index in [-0.39, 0.29) is 62.8 Å². The van der Waals surface area contributed by atoms with Crippen LogP contribution in [0.5, 0.6) is 17.2 Å². The third-order valence-electron chi connectivity index (χ3n) is 14.5. The number of fused-ring (bicyclic) bond motifs is 4. The van der Waals surface area contributed by atoms with Crippen LogP contribution in [0.3, 0.4) is 0 Å². The van der Waals surface area contributed by atoms with E-state index in [2.05, 4.69) is 11.8 Å². The maximum atomic E-state index is 16.7. The fourth-order valence-electron chi connectivity index (χ4n) is 11.2. The highest BCUT2D eigenvalue weighted by atomic mass is 16.6. The van der Waals surface area contributed by atoms with E-state index in [1.165, 1.54) is 20.3 Å². The lowest BCUT2D eigenvalue weighted by atomic mass is 9.64. The van der Waals surface area contributed by atoms with Gasteiger partial charge in [-0.05, 0) is 82.3 Å². The molecule has 1 N–H and O–H groups in total. The third-order valence-corrected chi connectivity index (χ3v) is 14.5. The Morgan fingerprint density at radius 2 is 1.41 bits per heavy atom. The van der Waals surface area contributed by atoms with Gasteiger partial charge in [0, 0.05) is 32.2 Å². The molecule has 0 unspecified atom stereocenters. The van der Waals surface area contributed by atoms with Crippen molar-refractivity contribution < 1.29 is 71.8 Å². The summed E-state index contributed by atoms with van der Waals surface area (Å²) in [6.07, 6.45) is -1.97. The van der Waals surface area contributed by atoms with Crippen LogP contribution in [0, 0.1) is 23.7 Å². The first-order valence-corrected chi connectivity index (χ1v) is 24.7. The standard InChI is InChI=1S/C58H57N3O15/c1-69-29-30-75-57(68)60-44-24-19-35(13-12-18-42(53(64)72-4)54(65)73-5)31-43(44)58(56(60)67)47(52(63)59-26-25-39-32-45(70-2)46(71-3)33-40(39)34-59)49-55(66)76-50(37-16-10-7-11-17-37)48(36-14-8-6-9-15-36)61(49)51(58)38-20-22-41(23-21-38)74-28-27-62/h6-11,14-17,19-24,31-33,42,47-51,62H,18,25-30,34H2,1-5H3/t47-,48-,49-,50+,51+,58-/m1/s1. The first-order valence-electron chi connectivity index (χ1n) is 24.7. The molecule has 4 aliphatic heterocycles. The molecule has 0 bridgehead atoms. The summed E-state index contributed by atoms with van der Waals surface area (Å²) < 4.78 is 44.5. The van der Waals surface area contributed by atoms with E-state index < -0.39 is 77.3 Å². The maximum absolute atomic E-state index is 16.7. The number of carbonyl (C=O) groups excluding carboxylic acids is 6. The highest BCUT2D eigenvalue weighted by Crippen LogP contribution is 2.66. The van der Waals surface area contributed by atoms with Gasteiger partial charge >= 0.3 is 24.0 Å². The molecular formula is C58H57N3O15. The zero-order valence-corrected chi connectivity index (χ0v) is 42.6. The van der Waals surface area contributed by atoms with E-state index >= 15 is 14.4 Å². The minimum absolute atomic E-state index is 0.00128. The van der Waals surface area contributed by atoms with Crippen LogP contribution in [0.25, 0.3) is 0 Å². The summed E-state index contributed by atoms with van der Waals surface area (Å²) in [5.41, 5.74) is 1.81. The highest BCUT2D eigenvalue weighted by Gasteiger charge is 2.76. The summed E-state index contributed by atoms with van der Waals surface area (Å²) in [5, 5.41) is 9.67. The predicted molar refractivity (Wildman–Crippen MR) is 272 cm³/mol. The molecule has 0 aromatic heterocycles. The first-order chi connectivity index (χ1) is 36.9. The predicted octanol–water partition coefficient (Wildman–Crippen LogP) is 5.81. The molecule has 0 radical (unpaired) electrons. The molecule has 18 nitrogen and oxygen atoms in total. The lowest BCUT2D eigenvalue weighted by Gasteiger charge is -2.46. The molecule has 18 heteroatoms. The summed E-state index contributed by atoms with van der Waals surface area (Å²) in [7, 11) is 6.78. The molecule has 0 saturated carbocycles. The number of hydrogen-bond acceptors (Lipinski definition) is 16. The summed E-state index contributed by atoms with van der Waals surface area (Å²) >= 11 is 0. The zero-order valence-electron chi connectivity index (χ0n) is 42.6. The van der Waals surface area contributed by atoms with E-state index in [4.69, 9.17) is 37.9 Å². The van der Waals surface area contributed by atoms with Crippen LogP contribution in [0.1, 0.15) is 63.6 Å². The SMILES string of the molecule is COCCOC(=O)N1C(=O)[C@@]2(c3cc(C#CCC(C(=O)OC)C(=O)OC)ccc31)[C@H](c1ccc(OCCO)cc1)N1[C@H](c3ccccc3)[C@H](c3ccccc3)OC(=O)[C@H]1[C@@H]2C(=O)N1CCc2cc(OC)c(OC)cc2C1. The van der Waals surface area contributed by atoms with Gasteiger partial charge in [-0.1, -0.05) is 84.6 Å². The molecule has 2 fully saturated rings. The van der Waals surface area contributed by atoms with Crippen molar-refractivity contribution in [1.29, 1.82) is 0 Å². The smallest absolute Gasteiger partial charge is 0.421 e. The van der Waals surface area contributed by atoms with Crippen LogP contribution in [0.2, 0.25) is 0 Å². The van der Waals surface area contributed by atoms with Crippen LogP contribution in [0.15, 0.2) is 115 Å². The van der Waals surface area contributed by atoms with Gasteiger partial charge in [-0.3, -0.25) is 28.9 Å². The van der Waals surface area contributed by atoms with E-state index in [9.17, 15) is 19.5 Å². The Hall–Kier alpha value is -8.24. The number of carbonyl (C=O) groups is 6. The Labute approximate surface area is 439 Å². The number of esters is 3. The van der Waals surface area contributed by atoms with Gasteiger partial charge in [-0.25, -0.2) is 9.69 Å². The number of amides is 3. The van der Waals surface area contributed by atoms with Crippen LogP contribution in [-0.2, 0) is 66.0 Å². The molecular weight excluding hydrogens is 979 g/mol. The number of imide groups is 1. The first kappa shape index (κ1) is 52.6. The molecule has 6 atom stereocenters. The lowest BCUT2D eigenvalue weighted by Crippen LogP contribution is -2.57. The Morgan fingerprint density at radius 3 is 2.04 bits per heavy atom. The molecule has 0 aliphatic carbocycles. The minimum atomic E-state index is -2.17. The van der Waals surface area contributed by atoms with Gasteiger partial charge in [-0.15, -0.1) is 0 Å². The van der Waals surface area contributed by atoms with E-state index in [0.29, 0.717) is 40.4 Å². The molecule has 4 aliphatic rings. The largest absolute Gasteiger partial charge is 0.493 e. The number of rotatable bonds is 15. The van der Waals surface area contributed by atoms with Gasteiger partial charge in [0.25, 0.3) is 0 Å². The fraction of sp³-hybridized carbons (Fsp3) is 0.345. The number of methoxy groups -OCH3 is 5. The number of nitrogens with zero attached hydrogens (tertiary/aromatic N) is 3. The average molecular weight is 1040 g/mol. The lowest BCUT2D eigenvalue weighted by molar-refractivity contribution is -0.179. The van der Waals surface area contributed by atoms with Crippen LogP contribution < -0.4 is 19.1 Å². The summed E-state index contributed by atoms with van der Waals surface area (Å²) in [6, 6.07) is 30.2. The Bertz CT molecular complexity index is 3050. The van der Waals surface area contributed by atoms with Crippen LogP contribution in [0.4, 0.5) is 10.5 Å². The van der Waals surface area contributed by atoms with Gasteiger partial charge in [-0.2, -0.15) is 0 Å². The average Bonchev–Trinajstić information content (AvgIpc) is 3.93. The van der Waals surface area contributed by atoms with Crippen molar-refractivity contribution in [3.63, 3.8) is 0 Å². The Kier molecular flexibility index (Phi) is 15.7. The summed E-state index contributed by atoms with van der Waals surface area (Å²) in [4.78, 5) is 93.5. The molecule has 5 aromatic rings. The third kappa shape index (κ3) is 9.46. The number of anilines is 1. The second-order valence-electron chi connectivity index (χ2n) is 18.5. The van der Waals surface area contributed by atoms with Crippen molar-refractivity contribution in [2.24, 2.45) is 11.8 Å². The maximum Gasteiger partial charge on any atom is 0.421 e. The van der Waals surface area contributed by atoms with Crippen molar-refractivity contribution in [3.8, 4) is 29.1 Å². The van der Waals surface area contributed by atoms with Gasteiger partial charge < -0.3 is 47.9 Å². The minimum Gasteiger partial charge on any atom is -0.493 e. The fourth-order valence-corrected chi connectivity index (χ4v) is 11.2. The molecule has 1 spiro atoms. The van der Waals surface area contributed by atoms with Crippen molar-refractivity contribution in [2.75, 3.05) is 73.4 Å². The molecule has 3 amide bonds. The number of cyclic esters (lactones) is 1. The van der Waals surface area contributed by atoms with Gasteiger partial charge in [0.2, 0.25) is 11.8 Å². The molecule has 9 rings (SSSR count). The Morgan fingerprint density at radius 1 is 0.750 bits per heavy atom. The number of hydrogen-bond donors (Lipinski definition) is 1. The topological polar surface area (TPSA) is 206 Å². The Balaban J connectivity index is 1.34. The zero-order chi connectivity index (χ0) is 53.7. The normalized spacial score (nSPS) is 21.4. The number of morpholine rings is 1. The highest BCUT2D eigenvalue weighted by molar-refractivity contribution is 6.23. The number of aliphatic hydroxyl groups excluding tert-OH is 1. The van der Waals surface area contributed by atoms with Crippen molar-refractivity contribution in [1.82, 2.24) is 9.80 Å². The number of aliphatic hydroxyl groups is 1. The second kappa shape index (κ2) is 22.7. The van der Waals surface area contributed by atoms with Crippen LogP contribution in [-0.4, -0.2) is 125 Å². The van der Waals surface area contributed by atoms with E-state index in [1.807, 2.05) is 77.7 Å². The number of benzene rings is 5. The molecule has 394 valence electrons. The van der Waals surface area contributed by atoms with E-state index in [0.717, 1.165) is 30.2 Å². The van der Waals surface area contributed by atoms with Crippen molar-refractivity contribution >= 4 is 41.5 Å². The summed E-state index contributed by atoms with van der Waals surface area (Å²) in [5.74, 6) is 0.379. The number of ether oxygens (including phenoxy) is 8. The van der Waals surface area contributed by atoms with Crippen molar-refractivity contribution in [3.05, 3.63) is 154 Å². The van der Waals surface area contributed by atoms with E-state index in [1.54, 1.807) is 48.4 Å². The second-order valence-corrected chi connectivity index (χ2v) is 18.5. The molecule has 76 heavy (non-hydrogen) atoms. The van der Waals surface area contributed by atoms with Gasteiger partial charge in [0.1, 0.15) is 36.5 Å². The quantitative estimate of drug-likeness (QED) is 0.0432. The van der Waals surface area contributed by atoms with Crippen LogP contribution >= 0.6 is 0 Å². The monoisotopic (exact) mass is 1040 g/mol. The molecule has 2 saturated heterocycles. The molecule has 5 aromatic carbocycles.